The highest BCUT2D eigenvalue weighted by Crippen LogP contribution is 2.23. The van der Waals surface area contributed by atoms with Crippen LogP contribution in [0.15, 0.2) is 22.5 Å². The first-order valence-corrected chi connectivity index (χ1v) is 11.4. The molecule has 1 fully saturated rings. The molecule has 0 spiro atoms. The highest BCUT2D eigenvalue weighted by Gasteiger charge is 2.51. The van der Waals surface area contributed by atoms with E-state index >= 15 is 0 Å². The Morgan fingerprint density at radius 2 is 2.16 bits per heavy atom. The zero-order valence-corrected chi connectivity index (χ0v) is 18.5. The summed E-state index contributed by atoms with van der Waals surface area (Å²) < 4.78 is 31.7. The molecular weight excluding hydrogens is 468 g/mol. The Hall–Kier alpha value is -3.24. The third kappa shape index (κ3) is 4.66. The molecule has 2 aliphatic heterocycles. The topological polar surface area (TPSA) is 205 Å². The molecular formula is C16H20N6O8S2. The van der Waals surface area contributed by atoms with E-state index in [9.17, 15) is 27.9 Å². The maximum absolute atomic E-state index is 12.8. The number of carbonyl (C=O) groups excluding carboxylic acids is 3. The monoisotopic (exact) mass is 488 g/mol. The number of hydrogen-bond acceptors (Lipinski definition) is 12. The molecule has 5 N–H and O–H groups in total. The largest absolute Gasteiger partial charge is 0.503 e. The summed E-state index contributed by atoms with van der Waals surface area (Å²) in [5.74, 6) is -2.74. The van der Waals surface area contributed by atoms with Crippen LogP contribution in [0.3, 0.4) is 0 Å². The third-order valence-electron chi connectivity index (χ3n) is 4.88. The molecule has 3 atom stereocenters. The minimum absolute atomic E-state index is 0.0287. The molecule has 14 nitrogen and oxygen atoms in total. The summed E-state index contributed by atoms with van der Waals surface area (Å²) in [5.41, 5.74) is 5.34. The SMILES string of the molecule is C[C@H]1[C@H](NC(=O)/C(=N\OCC2CC(=O)C(O)=CN2C)c2csc(N)n2)C(=O)N1S(=O)(=O)O. The zero-order chi connectivity index (χ0) is 23.8. The molecule has 3 rings (SSSR count). The number of carbonyl (C=O) groups is 3. The van der Waals surface area contributed by atoms with Crippen LogP contribution < -0.4 is 11.1 Å². The first-order valence-electron chi connectivity index (χ1n) is 9.09. The molecule has 1 aromatic rings. The second-order valence-electron chi connectivity index (χ2n) is 7.07. The number of anilines is 1. The number of allylic oxidation sites excluding steroid dienone is 1. The van der Waals surface area contributed by atoms with E-state index in [1.54, 1.807) is 11.9 Å². The van der Waals surface area contributed by atoms with Gasteiger partial charge in [-0.2, -0.15) is 8.42 Å². The van der Waals surface area contributed by atoms with Crippen LogP contribution in [0, 0.1) is 0 Å². The summed E-state index contributed by atoms with van der Waals surface area (Å²) >= 11 is 1.03. The molecule has 1 unspecified atom stereocenters. The molecule has 174 valence electrons. The van der Waals surface area contributed by atoms with Crippen molar-refractivity contribution >= 4 is 50.1 Å². The highest BCUT2D eigenvalue weighted by atomic mass is 32.2. The van der Waals surface area contributed by atoms with E-state index in [-0.39, 0.29) is 39.6 Å². The molecule has 1 saturated heterocycles. The van der Waals surface area contributed by atoms with Gasteiger partial charge in [0.25, 0.3) is 11.8 Å². The van der Waals surface area contributed by atoms with Gasteiger partial charge in [0, 0.05) is 25.0 Å². The first kappa shape index (κ1) is 23.4. The number of ketones is 1. The van der Waals surface area contributed by atoms with E-state index in [4.69, 9.17) is 15.1 Å². The van der Waals surface area contributed by atoms with Gasteiger partial charge in [0.2, 0.25) is 5.78 Å². The number of nitrogens with two attached hydrogens (primary N) is 1. The van der Waals surface area contributed by atoms with Gasteiger partial charge >= 0.3 is 10.3 Å². The number of rotatable bonds is 7. The van der Waals surface area contributed by atoms with Gasteiger partial charge in [0.1, 0.15) is 18.3 Å². The van der Waals surface area contributed by atoms with Crippen LogP contribution >= 0.6 is 11.3 Å². The zero-order valence-electron chi connectivity index (χ0n) is 16.8. The Balaban J connectivity index is 1.73. The van der Waals surface area contributed by atoms with Crippen LogP contribution in [-0.4, -0.2) is 87.4 Å². The summed E-state index contributed by atoms with van der Waals surface area (Å²) in [5, 5.41) is 17.2. The van der Waals surface area contributed by atoms with Crippen molar-refractivity contribution in [3.05, 3.63) is 23.0 Å². The van der Waals surface area contributed by atoms with Gasteiger partial charge in [-0.05, 0) is 6.92 Å². The van der Waals surface area contributed by atoms with Crippen molar-refractivity contribution in [1.29, 1.82) is 0 Å². The lowest BCUT2D eigenvalue weighted by Gasteiger charge is -2.42. The van der Waals surface area contributed by atoms with Gasteiger partial charge in [-0.1, -0.05) is 5.16 Å². The van der Waals surface area contributed by atoms with Crippen LogP contribution in [0.1, 0.15) is 19.0 Å². The molecule has 1 aromatic heterocycles. The lowest BCUT2D eigenvalue weighted by atomic mass is 10.0. The summed E-state index contributed by atoms with van der Waals surface area (Å²) in [6, 6.07) is -2.70. The molecule has 0 aliphatic carbocycles. The van der Waals surface area contributed by atoms with Crippen LogP contribution in [-0.2, 0) is 29.5 Å². The van der Waals surface area contributed by atoms with Crippen molar-refractivity contribution in [2.45, 2.75) is 31.5 Å². The number of hydrogen-bond donors (Lipinski definition) is 4. The summed E-state index contributed by atoms with van der Waals surface area (Å²) in [6.07, 6.45) is 1.22. The fourth-order valence-electron chi connectivity index (χ4n) is 3.11. The van der Waals surface area contributed by atoms with Crippen LogP contribution in [0.4, 0.5) is 5.13 Å². The van der Waals surface area contributed by atoms with Crippen molar-refractivity contribution in [3.63, 3.8) is 0 Å². The number of likely N-dealkylation sites (N-methyl/N-ethyl adjacent to an activating group) is 1. The lowest BCUT2D eigenvalue weighted by Crippen LogP contribution is -2.71. The van der Waals surface area contributed by atoms with Gasteiger partial charge in [0.15, 0.2) is 16.6 Å². The highest BCUT2D eigenvalue weighted by molar-refractivity contribution is 7.84. The maximum atomic E-state index is 12.8. The lowest BCUT2D eigenvalue weighted by molar-refractivity contribution is -0.143. The number of aliphatic hydroxyl groups excluding tert-OH is 1. The van der Waals surface area contributed by atoms with Crippen molar-refractivity contribution < 1.29 is 37.3 Å². The van der Waals surface area contributed by atoms with E-state index in [0.717, 1.165) is 11.3 Å². The Morgan fingerprint density at radius 1 is 1.47 bits per heavy atom. The van der Waals surface area contributed by atoms with Crippen molar-refractivity contribution in [2.24, 2.45) is 5.16 Å². The van der Waals surface area contributed by atoms with E-state index in [1.807, 2.05) is 0 Å². The number of aromatic nitrogens is 1. The van der Waals surface area contributed by atoms with E-state index in [1.165, 1.54) is 18.5 Å². The summed E-state index contributed by atoms with van der Waals surface area (Å²) in [4.78, 5) is 47.2. The Bertz CT molecular complexity index is 1110. The molecule has 0 radical (unpaired) electrons. The van der Waals surface area contributed by atoms with Gasteiger partial charge in [-0.25, -0.2) is 9.29 Å². The molecule has 16 heteroatoms. The number of nitrogens with zero attached hydrogens (tertiary/aromatic N) is 4. The molecule has 3 heterocycles. The fraction of sp³-hybridized carbons (Fsp3) is 0.438. The van der Waals surface area contributed by atoms with E-state index in [2.05, 4.69) is 15.5 Å². The number of nitrogen functional groups attached to an aromatic ring is 1. The quantitative estimate of drug-likeness (QED) is 0.153. The van der Waals surface area contributed by atoms with Crippen molar-refractivity contribution in [1.82, 2.24) is 19.5 Å². The number of oxime groups is 1. The Labute approximate surface area is 186 Å². The van der Waals surface area contributed by atoms with Crippen molar-refractivity contribution in [2.75, 3.05) is 19.4 Å². The van der Waals surface area contributed by atoms with Gasteiger partial charge in [0.05, 0.1) is 12.1 Å². The molecule has 0 aromatic carbocycles. The summed E-state index contributed by atoms with van der Waals surface area (Å²) in [6.45, 7) is 1.21. The molecule has 2 aliphatic rings. The number of thiazole rings is 1. The molecule has 0 bridgehead atoms. The Kier molecular flexibility index (Phi) is 6.38. The predicted octanol–water partition coefficient (Wildman–Crippen LogP) is -1.36. The molecule has 2 amide bonds. The van der Waals surface area contributed by atoms with E-state index in [0.29, 0.717) is 0 Å². The second kappa shape index (κ2) is 8.71. The first-order chi connectivity index (χ1) is 14.9. The predicted molar refractivity (Wildman–Crippen MR) is 111 cm³/mol. The van der Waals surface area contributed by atoms with E-state index < -0.39 is 46.0 Å². The standard InChI is InChI=1S/C16H20N6O8S2/c1-7-12(15(26)22(7)32(27,28)29)19-14(25)13(9-6-31-16(17)18-9)20-30-5-8-3-10(23)11(24)4-21(8)2/h4,6-8,12,24H,3,5H2,1-2H3,(H2,17,18)(H,19,25)(H,27,28,29)/b20-13-/t7-,8?,12-/m0/s1. The van der Waals surface area contributed by atoms with Gasteiger partial charge < -0.3 is 25.9 Å². The average Bonchev–Trinajstić information content (AvgIpc) is 3.11. The Morgan fingerprint density at radius 3 is 2.72 bits per heavy atom. The second-order valence-corrected chi connectivity index (χ2v) is 9.25. The normalized spacial score (nSPS) is 24.2. The minimum atomic E-state index is -4.75. The number of nitrogens with one attached hydrogen (secondary N) is 1. The van der Waals surface area contributed by atoms with Crippen LogP contribution in [0.2, 0.25) is 0 Å². The van der Waals surface area contributed by atoms with Crippen LogP contribution in [0.5, 0.6) is 0 Å². The maximum Gasteiger partial charge on any atom is 0.362 e. The number of Topliss-reactive ketones (excluding diaryl/α,β-unsaturated/α-hetero) is 1. The van der Waals surface area contributed by atoms with Crippen molar-refractivity contribution in [3.8, 4) is 0 Å². The molecule has 32 heavy (non-hydrogen) atoms. The fourth-order valence-corrected chi connectivity index (χ4v) is 4.54. The number of aliphatic hydroxyl groups is 1. The minimum Gasteiger partial charge on any atom is -0.503 e. The summed E-state index contributed by atoms with van der Waals surface area (Å²) in [7, 11) is -3.12. The smallest absolute Gasteiger partial charge is 0.362 e. The third-order valence-corrected chi connectivity index (χ3v) is 6.57. The number of β-lactam (4-membered cyclic amide) rings is 1. The number of amides is 2. The van der Waals surface area contributed by atoms with Gasteiger partial charge in [-0.15, -0.1) is 11.3 Å². The van der Waals surface area contributed by atoms with Gasteiger partial charge in [-0.3, -0.25) is 18.9 Å². The average molecular weight is 489 g/mol. The van der Waals surface area contributed by atoms with Crippen LogP contribution in [0.25, 0.3) is 0 Å². The molecule has 0 saturated carbocycles.